The zero-order valence-electron chi connectivity index (χ0n) is 12.4. The molecule has 0 aliphatic heterocycles. The van der Waals surface area contributed by atoms with E-state index >= 15 is 0 Å². The van der Waals surface area contributed by atoms with Gasteiger partial charge >= 0.3 is 0 Å². The van der Waals surface area contributed by atoms with Gasteiger partial charge < -0.3 is 10.3 Å². The van der Waals surface area contributed by atoms with Gasteiger partial charge in [0.1, 0.15) is 24.3 Å². The molecule has 0 saturated heterocycles. The first kappa shape index (κ1) is 14.3. The molecule has 0 bridgehead atoms. The highest BCUT2D eigenvalue weighted by Gasteiger charge is 2.40. The van der Waals surface area contributed by atoms with E-state index in [-0.39, 0.29) is 5.04 Å². The lowest BCUT2D eigenvalue weighted by molar-refractivity contribution is 0.726. The molecule has 0 aliphatic carbocycles. The number of nitrogens with two attached hydrogens (primary N) is 1. The van der Waals surface area contributed by atoms with Crippen molar-refractivity contribution in [2.45, 2.75) is 38.9 Å². The van der Waals surface area contributed by atoms with Gasteiger partial charge in [-0.1, -0.05) is 45.5 Å². The molecule has 4 nitrogen and oxygen atoms in total. The van der Waals surface area contributed by atoms with Crippen molar-refractivity contribution in [1.82, 2.24) is 14.5 Å². The largest absolute Gasteiger partial charge is 0.397 e. The number of rotatable bonds is 1. The predicted octanol–water partition coefficient (Wildman–Crippen LogP) is 2.92. The maximum Gasteiger partial charge on any atom is 0.146 e. The number of hydrogen-bond donors (Lipinski definition) is 1. The van der Waals surface area contributed by atoms with Crippen LogP contribution in [0.5, 0.6) is 0 Å². The lowest BCUT2D eigenvalue weighted by atomic mass is 10.2. The molecule has 0 saturated carbocycles. The topological polar surface area (TPSA) is 56.7 Å². The van der Waals surface area contributed by atoms with Crippen LogP contribution in [0.3, 0.4) is 0 Å². The highest BCUT2D eigenvalue weighted by atomic mass is 35.5. The Bertz CT molecular complexity index is 640. The molecule has 0 aromatic carbocycles. The van der Waals surface area contributed by atoms with Crippen LogP contribution in [0.25, 0.3) is 11.0 Å². The number of aryl methyl sites for hydroxylation is 1. The van der Waals surface area contributed by atoms with Crippen LogP contribution >= 0.6 is 11.6 Å². The zero-order valence-corrected chi connectivity index (χ0v) is 14.1. The van der Waals surface area contributed by atoms with Gasteiger partial charge in [-0.2, -0.15) is 0 Å². The molecule has 0 aliphatic rings. The molecular formula is C13H21ClN4Si. The first-order valence-electron chi connectivity index (χ1n) is 6.34. The second-order valence-electron chi connectivity index (χ2n) is 6.61. The van der Waals surface area contributed by atoms with Crippen molar-refractivity contribution in [1.29, 1.82) is 0 Å². The van der Waals surface area contributed by atoms with Gasteiger partial charge in [-0.05, 0) is 5.04 Å². The summed E-state index contributed by atoms with van der Waals surface area (Å²) in [7, 11) is 0.124. The van der Waals surface area contributed by atoms with Crippen LogP contribution in [-0.2, 0) is 7.05 Å². The second kappa shape index (κ2) is 4.21. The minimum absolute atomic E-state index is 0.167. The number of nitrogens with zero attached hydrogens (tertiary/aromatic N) is 3. The zero-order chi connectivity index (χ0) is 14.6. The van der Waals surface area contributed by atoms with Crippen molar-refractivity contribution in [3.63, 3.8) is 0 Å². The summed E-state index contributed by atoms with van der Waals surface area (Å²) >= 11 is 6.31. The molecule has 0 atom stereocenters. The molecular weight excluding hydrogens is 276 g/mol. The van der Waals surface area contributed by atoms with Gasteiger partial charge in [0.2, 0.25) is 0 Å². The van der Waals surface area contributed by atoms with Crippen molar-refractivity contribution >= 4 is 41.8 Å². The van der Waals surface area contributed by atoms with Gasteiger partial charge in [0.15, 0.2) is 0 Å². The molecule has 104 valence electrons. The summed E-state index contributed by atoms with van der Waals surface area (Å²) in [5.74, 6) is 0. The SMILES string of the molecule is Cn1cc(N)c2c(Cl)nc([Si](C)(C)C(C)(C)C)nc21. The molecule has 0 fully saturated rings. The van der Waals surface area contributed by atoms with Crippen LogP contribution in [0.4, 0.5) is 5.69 Å². The molecule has 2 N–H and O–H groups in total. The molecule has 2 aromatic heterocycles. The highest BCUT2D eigenvalue weighted by Crippen LogP contribution is 2.36. The van der Waals surface area contributed by atoms with E-state index in [1.807, 2.05) is 17.8 Å². The van der Waals surface area contributed by atoms with Crippen molar-refractivity contribution in [3.8, 4) is 0 Å². The smallest absolute Gasteiger partial charge is 0.146 e. The Hall–Kier alpha value is -1.07. The summed E-state index contributed by atoms with van der Waals surface area (Å²) in [6.45, 7) is 11.3. The van der Waals surface area contributed by atoms with E-state index in [0.717, 1.165) is 16.5 Å². The summed E-state index contributed by atoms with van der Waals surface area (Å²) in [4.78, 5) is 9.28. The van der Waals surface area contributed by atoms with E-state index in [1.165, 1.54) is 0 Å². The Morgan fingerprint density at radius 1 is 1.26 bits per heavy atom. The third kappa shape index (κ3) is 2.15. The lowest BCUT2D eigenvalue weighted by Gasteiger charge is -2.35. The third-order valence-corrected chi connectivity index (χ3v) is 9.60. The quantitative estimate of drug-likeness (QED) is 0.650. The van der Waals surface area contributed by atoms with Gasteiger partial charge in [-0.15, -0.1) is 0 Å². The maximum atomic E-state index is 6.31. The number of nitrogen functional groups attached to an aromatic ring is 1. The maximum absolute atomic E-state index is 6.31. The van der Waals surface area contributed by atoms with E-state index in [2.05, 4.69) is 38.8 Å². The molecule has 0 amide bonds. The number of halogens is 1. The van der Waals surface area contributed by atoms with E-state index in [4.69, 9.17) is 22.3 Å². The molecule has 2 heterocycles. The summed E-state index contributed by atoms with van der Waals surface area (Å²) in [5, 5.41) is 1.38. The number of hydrogen-bond acceptors (Lipinski definition) is 3. The Balaban J connectivity index is 2.75. The van der Waals surface area contributed by atoms with Crippen LogP contribution in [0, 0.1) is 0 Å². The average Bonchev–Trinajstić information content (AvgIpc) is 2.53. The van der Waals surface area contributed by atoms with E-state index in [1.54, 1.807) is 0 Å². The minimum Gasteiger partial charge on any atom is -0.397 e. The number of anilines is 1. The summed E-state index contributed by atoms with van der Waals surface area (Å²) in [5.41, 5.74) is 8.28. The van der Waals surface area contributed by atoms with E-state index in [0.29, 0.717) is 10.8 Å². The minimum atomic E-state index is -1.80. The number of fused-ring (bicyclic) bond motifs is 1. The monoisotopic (exact) mass is 296 g/mol. The van der Waals surface area contributed by atoms with Gasteiger partial charge in [0.05, 0.1) is 11.1 Å². The Labute approximate surface area is 120 Å². The fourth-order valence-electron chi connectivity index (χ4n) is 1.88. The van der Waals surface area contributed by atoms with Gasteiger partial charge in [-0.25, -0.2) is 9.97 Å². The van der Waals surface area contributed by atoms with E-state index < -0.39 is 8.07 Å². The number of aromatic nitrogens is 3. The average molecular weight is 297 g/mol. The molecule has 19 heavy (non-hydrogen) atoms. The first-order valence-corrected chi connectivity index (χ1v) is 9.72. The molecule has 0 unspecified atom stereocenters. The molecule has 2 aromatic rings. The first-order chi connectivity index (χ1) is 8.55. The molecule has 6 heteroatoms. The fourth-order valence-corrected chi connectivity index (χ4v) is 3.67. The Morgan fingerprint density at radius 3 is 2.37 bits per heavy atom. The van der Waals surface area contributed by atoms with Crippen LogP contribution in [-0.4, -0.2) is 22.6 Å². The normalized spacial score (nSPS) is 13.2. The summed E-state index contributed by atoms with van der Waals surface area (Å²) in [6.07, 6.45) is 1.83. The lowest BCUT2D eigenvalue weighted by Crippen LogP contribution is -2.52. The van der Waals surface area contributed by atoms with Crippen molar-refractivity contribution in [3.05, 3.63) is 11.3 Å². The van der Waals surface area contributed by atoms with Crippen LogP contribution in [0.2, 0.25) is 23.3 Å². The van der Waals surface area contributed by atoms with Gasteiger partial charge in [-0.3, -0.25) is 0 Å². The van der Waals surface area contributed by atoms with E-state index in [9.17, 15) is 0 Å². The molecule has 0 spiro atoms. The third-order valence-electron chi connectivity index (χ3n) is 4.24. The summed E-state index contributed by atoms with van der Waals surface area (Å²) < 4.78 is 1.91. The molecule has 2 rings (SSSR count). The predicted molar refractivity (Wildman–Crippen MR) is 84.8 cm³/mol. The van der Waals surface area contributed by atoms with Crippen molar-refractivity contribution in [2.24, 2.45) is 7.05 Å². The second-order valence-corrected chi connectivity index (χ2v) is 12.2. The Kier molecular flexibility index (Phi) is 3.18. The van der Waals surface area contributed by atoms with Crippen LogP contribution in [0.15, 0.2) is 6.20 Å². The van der Waals surface area contributed by atoms with Crippen LogP contribution in [0.1, 0.15) is 20.8 Å². The standard InChI is InChI=1S/C13H21ClN4Si/c1-13(2,3)19(5,6)12-16-10(14)9-8(15)7-18(4)11(9)17-12/h7H,15H2,1-6H3. The molecule has 0 radical (unpaired) electrons. The highest BCUT2D eigenvalue weighted by molar-refractivity contribution is 6.91. The summed E-state index contributed by atoms with van der Waals surface area (Å²) in [6, 6.07) is 0. The Morgan fingerprint density at radius 2 is 1.84 bits per heavy atom. The van der Waals surface area contributed by atoms with Gasteiger partial charge in [0.25, 0.3) is 0 Å². The van der Waals surface area contributed by atoms with Crippen molar-refractivity contribution in [2.75, 3.05) is 5.73 Å². The fraction of sp³-hybridized carbons (Fsp3) is 0.538. The van der Waals surface area contributed by atoms with Gasteiger partial charge in [0, 0.05) is 13.2 Å². The van der Waals surface area contributed by atoms with Crippen LogP contribution < -0.4 is 11.2 Å². The van der Waals surface area contributed by atoms with Crippen molar-refractivity contribution < 1.29 is 0 Å².